The van der Waals surface area contributed by atoms with E-state index in [-0.39, 0.29) is 6.10 Å². The number of rotatable bonds is 4. The Hall–Kier alpha value is -2.53. The van der Waals surface area contributed by atoms with E-state index in [1.54, 1.807) is 0 Å². The summed E-state index contributed by atoms with van der Waals surface area (Å²) in [6.07, 6.45) is 13.4. The highest BCUT2D eigenvalue weighted by molar-refractivity contribution is 5.83. The van der Waals surface area contributed by atoms with Crippen molar-refractivity contribution < 1.29 is 4.74 Å². The number of hydrogen-bond acceptors (Lipinski definition) is 5. The van der Waals surface area contributed by atoms with E-state index in [4.69, 9.17) is 4.74 Å². The van der Waals surface area contributed by atoms with Crippen LogP contribution < -0.4 is 4.74 Å². The molecule has 2 aromatic heterocycles. The Morgan fingerprint density at radius 1 is 0.821 bits per heavy atom. The Morgan fingerprint density at radius 3 is 2.32 bits per heavy atom. The van der Waals surface area contributed by atoms with Crippen molar-refractivity contribution in [1.29, 1.82) is 0 Å². The van der Waals surface area contributed by atoms with Crippen molar-refractivity contribution in [2.45, 2.75) is 50.7 Å². The molecule has 5 nitrogen and oxygen atoms in total. The number of benzene rings is 1. The second kappa shape index (κ2) is 7.84. The van der Waals surface area contributed by atoms with Crippen LogP contribution in [0, 0.1) is 0 Å². The molecule has 3 heterocycles. The molecule has 1 saturated heterocycles. The lowest BCUT2D eigenvalue weighted by Gasteiger charge is -2.35. The summed E-state index contributed by atoms with van der Waals surface area (Å²) in [6, 6.07) is 11.5. The lowest BCUT2D eigenvalue weighted by molar-refractivity contribution is 0.0710. The van der Waals surface area contributed by atoms with E-state index in [1.165, 1.54) is 25.7 Å². The summed E-state index contributed by atoms with van der Waals surface area (Å²) in [4.78, 5) is 16.1. The zero-order valence-corrected chi connectivity index (χ0v) is 16.1. The maximum atomic E-state index is 6.06. The van der Waals surface area contributed by atoms with Crippen molar-refractivity contribution in [3.05, 3.63) is 48.9 Å². The molecule has 1 aliphatic carbocycles. The minimum Gasteiger partial charge on any atom is -0.460 e. The van der Waals surface area contributed by atoms with E-state index in [1.807, 2.05) is 36.8 Å². The van der Waals surface area contributed by atoms with Crippen LogP contribution in [0.25, 0.3) is 22.0 Å². The highest BCUT2D eigenvalue weighted by Crippen LogP contribution is 2.27. The normalized spacial score (nSPS) is 19.3. The van der Waals surface area contributed by atoms with Crippen LogP contribution in [0.1, 0.15) is 38.5 Å². The Balaban J connectivity index is 1.21. The molecule has 0 amide bonds. The summed E-state index contributed by atoms with van der Waals surface area (Å²) in [5.74, 6) is 0. The number of pyridine rings is 1. The van der Waals surface area contributed by atoms with Crippen molar-refractivity contribution in [2.75, 3.05) is 13.1 Å². The zero-order chi connectivity index (χ0) is 18.8. The molecule has 1 aromatic carbocycles. The number of aromatic nitrogens is 3. The fraction of sp³-hybridized carbons (Fsp3) is 0.435. The van der Waals surface area contributed by atoms with E-state index < -0.39 is 0 Å². The van der Waals surface area contributed by atoms with Gasteiger partial charge in [-0.3, -0.25) is 4.98 Å². The minimum absolute atomic E-state index is 0.228. The van der Waals surface area contributed by atoms with E-state index in [9.17, 15) is 0 Å². The monoisotopic (exact) mass is 374 g/mol. The van der Waals surface area contributed by atoms with Gasteiger partial charge in [-0.15, -0.1) is 0 Å². The Kier molecular flexibility index (Phi) is 4.92. The molecule has 5 rings (SSSR count). The van der Waals surface area contributed by atoms with Crippen LogP contribution in [0.5, 0.6) is 6.01 Å². The number of likely N-dealkylation sites (tertiary alicyclic amines) is 1. The first-order chi connectivity index (χ1) is 13.8. The average molecular weight is 374 g/mol. The standard InChI is InChI=1S/C23H26N4O/c1-4-8-22-17(5-1)13-18(14-24-22)19-15-25-23(26-16-19)28-21-9-11-27(12-10-21)20-6-2-3-7-20/h1,4-5,8,13-16,20-21H,2-3,6-7,9-12H2. The minimum atomic E-state index is 0.228. The van der Waals surface area contributed by atoms with Gasteiger partial charge in [-0.05, 0) is 37.8 Å². The lowest BCUT2D eigenvalue weighted by Crippen LogP contribution is -2.43. The summed E-state index contributed by atoms with van der Waals surface area (Å²) in [5, 5.41) is 1.12. The van der Waals surface area contributed by atoms with Crippen LogP contribution in [0.15, 0.2) is 48.9 Å². The van der Waals surface area contributed by atoms with Crippen LogP contribution >= 0.6 is 0 Å². The van der Waals surface area contributed by atoms with Gasteiger partial charge in [-0.2, -0.15) is 0 Å². The van der Waals surface area contributed by atoms with Crippen molar-refractivity contribution >= 4 is 10.9 Å². The summed E-state index contributed by atoms with van der Waals surface area (Å²) in [7, 11) is 0. The van der Waals surface area contributed by atoms with E-state index in [0.717, 1.165) is 54.0 Å². The van der Waals surface area contributed by atoms with Crippen LogP contribution in [0.4, 0.5) is 0 Å². The summed E-state index contributed by atoms with van der Waals surface area (Å²) in [5.41, 5.74) is 2.98. The van der Waals surface area contributed by atoms with Gasteiger partial charge in [-0.1, -0.05) is 31.0 Å². The van der Waals surface area contributed by atoms with Crippen LogP contribution in [-0.4, -0.2) is 45.1 Å². The number of fused-ring (bicyclic) bond motifs is 1. The van der Waals surface area contributed by atoms with Gasteiger partial charge in [0.05, 0.1) is 5.52 Å². The third-order valence-electron chi connectivity index (χ3n) is 6.14. The van der Waals surface area contributed by atoms with Gasteiger partial charge in [-0.25, -0.2) is 9.97 Å². The fourth-order valence-corrected chi connectivity index (χ4v) is 4.53. The van der Waals surface area contributed by atoms with Crippen LogP contribution in [-0.2, 0) is 0 Å². The Labute approximate surface area is 165 Å². The predicted molar refractivity (Wildman–Crippen MR) is 110 cm³/mol. The lowest BCUT2D eigenvalue weighted by atomic mass is 10.0. The molecule has 2 aliphatic rings. The number of ether oxygens (including phenoxy) is 1. The van der Waals surface area contributed by atoms with Gasteiger partial charge in [0.1, 0.15) is 6.10 Å². The molecule has 0 spiro atoms. The van der Waals surface area contributed by atoms with Gasteiger partial charge in [0, 0.05) is 54.2 Å². The molecule has 28 heavy (non-hydrogen) atoms. The topological polar surface area (TPSA) is 51.1 Å². The molecule has 0 bridgehead atoms. The molecule has 0 radical (unpaired) electrons. The van der Waals surface area contributed by atoms with Crippen molar-refractivity contribution in [3.8, 4) is 17.1 Å². The molecule has 0 atom stereocenters. The molecule has 0 N–H and O–H groups in total. The first-order valence-electron chi connectivity index (χ1n) is 10.4. The second-order valence-electron chi connectivity index (χ2n) is 7.96. The quantitative estimate of drug-likeness (QED) is 0.674. The predicted octanol–water partition coefficient (Wildman–Crippen LogP) is 4.48. The fourth-order valence-electron chi connectivity index (χ4n) is 4.53. The third-order valence-corrected chi connectivity index (χ3v) is 6.14. The van der Waals surface area contributed by atoms with Crippen molar-refractivity contribution in [3.63, 3.8) is 0 Å². The first kappa shape index (κ1) is 17.6. The van der Waals surface area contributed by atoms with Gasteiger partial charge >= 0.3 is 6.01 Å². The highest BCUT2D eigenvalue weighted by atomic mass is 16.5. The molecular weight excluding hydrogens is 348 g/mol. The Bertz CT molecular complexity index is 929. The third kappa shape index (κ3) is 3.72. The molecule has 1 aliphatic heterocycles. The smallest absolute Gasteiger partial charge is 0.316 e. The average Bonchev–Trinajstić information content (AvgIpc) is 3.29. The summed E-state index contributed by atoms with van der Waals surface area (Å²) in [6.45, 7) is 2.27. The van der Waals surface area contributed by atoms with Crippen LogP contribution in [0.2, 0.25) is 0 Å². The van der Waals surface area contributed by atoms with Gasteiger partial charge in [0.25, 0.3) is 0 Å². The van der Waals surface area contributed by atoms with E-state index in [0.29, 0.717) is 6.01 Å². The summed E-state index contributed by atoms with van der Waals surface area (Å²) >= 11 is 0. The van der Waals surface area contributed by atoms with Gasteiger partial charge in [0.15, 0.2) is 0 Å². The molecule has 5 heteroatoms. The maximum Gasteiger partial charge on any atom is 0.316 e. The molecule has 0 unspecified atom stereocenters. The molecular formula is C23H26N4O. The van der Waals surface area contributed by atoms with Crippen LogP contribution in [0.3, 0.4) is 0 Å². The summed E-state index contributed by atoms with van der Waals surface area (Å²) < 4.78 is 6.06. The molecule has 144 valence electrons. The number of hydrogen-bond donors (Lipinski definition) is 0. The van der Waals surface area contributed by atoms with Crippen molar-refractivity contribution in [1.82, 2.24) is 19.9 Å². The SMILES string of the molecule is c1ccc2ncc(-c3cnc(OC4CCN(C5CCCC5)CC4)nc3)cc2c1. The van der Waals surface area contributed by atoms with Crippen molar-refractivity contribution in [2.24, 2.45) is 0 Å². The molecule has 1 saturated carbocycles. The first-order valence-corrected chi connectivity index (χ1v) is 10.4. The largest absolute Gasteiger partial charge is 0.460 e. The maximum absolute atomic E-state index is 6.06. The zero-order valence-electron chi connectivity index (χ0n) is 16.1. The number of nitrogens with zero attached hydrogens (tertiary/aromatic N) is 4. The van der Waals surface area contributed by atoms with E-state index in [2.05, 4.69) is 32.0 Å². The molecule has 2 fully saturated rings. The molecule has 3 aromatic rings. The van der Waals surface area contributed by atoms with E-state index >= 15 is 0 Å². The Morgan fingerprint density at radius 2 is 1.54 bits per heavy atom. The number of para-hydroxylation sites is 1. The highest BCUT2D eigenvalue weighted by Gasteiger charge is 2.28. The number of piperidine rings is 1. The van der Waals surface area contributed by atoms with Gasteiger partial charge in [0.2, 0.25) is 0 Å². The van der Waals surface area contributed by atoms with Gasteiger partial charge < -0.3 is 9.64 Å². The second-order valence-corrected chi connectivity index (χ2v) is 7.96.